The van der Waals surface area contributed by atoms with Crippen LogP contribution in [0.2, 0.25) is 0 Å². The van der Waals surface area contributed by atoms with Crippen molar-refractivity contribution in [2.45, 2.75) is 18.9 Å². The predicted octanol–water partition coefficient (Wildman–Crippen LogP) is 2.76. The number of amides is 2. The maximum atomic E-state index is 13.0. The number of hydrogen-bond acceptors (Lipinski definition) is 5. The SMILES string of the molecule is CN(C)c1ccc(OC2CCCN(C(=O)Nc3ccc(F)cc3)C2)nn1. The molecule has 0 bridgehead atoms. The smallest absolute Gasteiger partial charge is 0.321 e. The van der Waals surface area contributed by atoms with Gasteiger partial charge >= 0.3 is 6.03 Å². The predicted molar refractivity (Wildman–Crippen MR) is 97.0 cm³/mol. The molecule has 1 fully saturated rings. The summed E-state index contributed by atoms with van der Waals surface area (Å²) < 4.78 is 18.8. The number of halogens is 1. The Bertz CT molecular complexity index is 736. The average Bonchev–Trinajstić information content (AvgIpc) is 2.64. The molecule has 1 aliphatic heterocycles. The largest absolute Gasteiger partial charge is 0.471 e. The first-order valence-corrected chi connectivity index (χ1v) is 8.50. The molecule has 1 unspecified atom stereocenters. The topological polar surface area (TPSA) is 70.6 Å². The van der Waals surface area contributed by atoms with Crippen molar-refractivity contribution >= 4 is 17.5 Å². The van der Waals surface area contributed by atoms with Crippen LogP contribution >= 0.6 is 0 Å². The highest BCUT2D eigenvalue weighted by molar-refractivity contribution is 5.89. The minimum Gasteiger partial charge on any atom is -0.471 e. The van der Waals surface area contributed by atoms with Gasteiger partial charge in [-0.15, -0.1) is 10.2 Å². The number of benzene rings is 1. The lowest BCUT2D eigenvalue weighted by molar-refractivity contribution is 0.102. The molecular weight excluding hydrogens is 337 g/mol. The Labute approximate surface area is 151 Å². The van der Waals surface area contributed by atoms with Gasteiger partial charge in [-0.25, -0.2) is 9.18 Å². The molecule has 1 atom stereocenters. The summed E-state index contributed by atoms with van der Waals surface area (Å²) in [5, 5.41) is 10.9. The first-order valence-electron chi connectivity index (χ1n) is 8.50. The average molecular weight is 359 g/mol. The zero-order valence-electron chi connectivity index (χ0n) is 14.9. The number of rotatable bonds is 4. The second-order valence-electron chi connectivity index (χ2n) is 6.39. The molecule has 0 saturated carbocycles. The van der Waals surface area contributed by atoms with Gasteiger partial charge in [0.05, 0.1) is 6.54 Å². The molecule has 1 N–H and O–H groups in total. The van der Waals surface area contributed by atoms with Crippen molar-refractivity contribution in [1.29, 1.82) is 0 Å². The van der Waals surface area contributed by atoms with E-state index in [0.29, 0.717) is 24.7 Å². The van der Waals surface area contributed by atoms with E-state index in [2.05, 4.69) is 15.5 Å². The number of urea groups is 1. The Balaban J connectivity index is 1.56. The number of likely N-dealkylation sites (tertiary alicyclic amines) is 1. The summed E-state index contributed by atoms with van der Waals surface area (Å²) in [4.78, 5) is 16.0. The molecule has 2 aromatic rings. The summed E-state index contributed by atoms with van der Waals surface area (Å²) in [5.74, 6) is 0.860. The van der Waals surface area contributed by atoms with Crippen LogP contribution in [0.1, 0.15) is 12.8 Å². The fourth-order valence-electron chi connectivity index (χ4n) is 2.74. The Morgan fingerprint density at radius 1 is 1.23 bits per heavy atom. The van der Waals surface area contributed by atoms with E-state index in [1.54, 1.807) is 11.0 Å². The number of nitrogens with zero attached hydrogens (tertiary/aromatic N) is 4. The Kier molecular flexibility index (Phi) is 5.50. The van der Waals surface area contributed by atoms with Gasteiger partial charge < -0.3 is 19.9 Å². The van der Waals surface area contributed by atoms with Crippen molar-refractivity contribution in [2.75, 3.05) is 37.4 Å². The summed E-state index contributed by atoms with van der Waals surface area (Å²) in [7, 11) is 3.78. The van der Waals surface area contributed by atoms with Crippen LogP contribution in [-0.2, 0) is 0 Å². The van der Waals surface area contributed by atoms with Crippen LogP contribution < -0.4 is 15.0 Å². The molecule has 2 amide bonds. The van der Waals surface area contributed by atoms with E-state index >= 15 is 0 Å². The van der Waals surface area contributed by atoms with Crippen molar-refractivity contribution in [1.82, 2.24) is 15.1 Å². The molecule has 1 aromatic carbocycles. The van der Waals surface area contributed by atoms with E-state index in [0.717, 1.165) is 18.7 Å². The van der Waals surface area contributed by atoms with Crippen molar-refractivity contribution in [3.63, 3.8) is 0 Å². The first-order chi connectivity index (χ1) is 12.5. The summed E-state index contributed by atoms with van der Waals surface area (Å²) in [6, 6.07) is 9.09. The molecule has 138 valence electrons. The van der Waals surface area contributed by atoms with Gasteiger partial charge in [-0.05, 0) is 43.2 Å². The lowest BCUT2D eigenvalue weighted by atomic mass is 10.1. The Hall–Kier alpha value is -2.90. The molecule has 0 spiro atoms. The van der Waals surface area contributed by atoms with E-state index in [9.17, 15) is 9.18 Å². The van der Waals surface area contributed by atoms with Crippen LogP contribution in [0.25, 0.3) is 0 Å². The van der Waals surface area contributed by atoms with Gasteiger partial charge in [-0.1, -0.05) is 0 Å². The fourth-order valence-corrected chi connectivity index (χ4v) is 2.74. The first kappa shape index (κ1) is 17.9. The van der Waals surface area contributed by atoms with E-state index in [-0.39, 0.29) is 18.0 Å². The van der Waals surface area contributed by atoms with Gasteiger partial charge in [-0.3, -0.25) is 0 Å². The second kappa shape index (κ2) is 7.99. The number of carbonyl (C=O) groups is 1. The number of piperidine rings is 1. The number of ether oxygens (including phenoxy) is 1. The normalized spacial score (nSPS) is 16.9. The lowest BCUT2D eigenvalue weighted by Crippen LogP contribution is -2.46. The number of nitrogens with one attached hydrogen (secondary N) is 1. The van der Waals surface area contributed by atoms with Crippen molar-refractivity contribution in [2.24, 2.45) is 0 Å². The minimum atomic E-state index is -0.337. The fraction of sp³-hybridized carbons (Fsp3) is 0.389. The van der Waals surface area contributed by atoms with Gasteiger partial charge in [0, 0.05) is 32.4 Å². The van der Waals surface area contributed by atoms with Gasteiger partial charge in [-0.2, -0.15) is 0 Å². The van der Waals surface area contributed by atoms with Crippen LogP contribution in [0.3, 0.4) is 0 Å². The summed E-state index contributed by atoms with van der Waals surface area (Å²) in [5.41, 5.74) is 0.560. The Morgan fingerprint density at radius 3 is 2.65 bits per heavy atom. The quantitative estimate of drug-likeness (QED) is 0.909. The number of carbonyl (C=O) groups excluding carboxylic acids is 1. The second-order valence-corrected chi connectivity index (χ2v) is 6.39. The third-order valence-electron chi connectivity index (χ3n) is 4.13. The highest BCUT2D eigenvalue weighted by Gasteiger charge is 2.25. The maximum absolute atomic E-state index is 13.0. The summed E-state index contributed by atoms with van der Waals surface area (Å²) >= 11 is 0. The van der Waals surface area contributed by atoms with E-state index in [1.807, 2.05) is 25.1 Å². The van der Waals surface area contributed by atoms with Crippen LogP contribution in [0.15, 0.2) is 36.4 Å². The van der Waals surface area contributed by atoms with Crippen LogP contribution in [0.5, 0.6) is 5.88 Å². The Morgan fingerprint density at radius 2 is 2.00 bits per heavy atom. The van der Waals surface area contributed by atoms with Crippen molar-refractivity contribution < 1.29 is 13.9 Å². The van der Waals surface area contributed by atoms with E-state index < -0.39 is 0 Å². The zero-order valence-corrected chi connectivity index (χ0v) is 14.9. The monoisotopic (exact) mass is 359 g/mol. The highest BCUT2D eigenvalue weighted by Crippen LogP contribution is 2.19. The van der Waals surface area contributed by atoms with Crippen LogP contribution in [-0.4, -0.2) is 54.4 Å². The van der Waals surface area contributed by atoms with Crippen molar-refractivity contribution in [3.8, 4) is 5.88 Å². The number of aromatic nitrogens is 2. The minimum absolute atomic E-state index is 0.137. The highest BCUT2D eigenvalue weighted by atomic mass is 19.1. The van der Waals surface area contributed by atoms with Gasteiger partial charge in [0.1, 0.15) is 11.9 Å². The number of hydrogen-bond donors (Lipinski definition) is 1. The molecule has 1 aliphatic rings. The van der Waals surface area contributed by atoms with E-state index in [1.165, 1.54) is 24.3 Å². The molecule has 8 heteroatoms. The maximum Gasteiger partial charge on any atom is 0.321 e. The zero-order chi connectivity index (χ0) is 18.5. The summed E-state index contributed by atoms with van der Waals surface area (Å²) in [6.45, 7) is 1.11. The lowest BCUT2D eigenvalue weighted by Gasteiger charge is -2.32. The van der Waals surface area contributed by atoms with E-state index in [4.69, 9.17) is 4.74 Å². The molecule has 26 heavy (non-hydrogen) atoms. The number of anilines is 2. The molecule has 7 nitrogen and oxygen atoms in total. The molecule has 0 aliphatic carbocycles. The van der Waals surface area contributed by atoms with Gasteiger partial charge in [0.2, 0.25) is 5.88 Å². The molecule has 2 heterocycles. The standard InChI is InChI=1S/C18H22FN5O2/c1-23(2)16-9-10-17(22-21-16)26-15-4-3-11-24(12-15)18(25)20-14-7-5-13(19)6-8-14/h5-10,15H,3-4,11-12H2,1-2H3,(H,20,25). The van der Waals surface area contributed by atoms with Crippen LogP contribution in [0.4, 0.5) is 20.7 Å². The molecule has 0 radical (unpaired) electrons. The van der Waals surface area contributed by atoms with Gasteiger partial charge in [0.15, 0.2) is 5.82 Å². The third kappa shape index (κ3) is 4.59. The van der Waals surface area contributed by atoms with Crippen molar-refractivity contribution in [3.05, 3.63) is 42.2 Å². The molecule has 1 aromatic heterocycles. The molecule has 1 saturated heterocycles. The molecular formula is C18H22FN5O2. The van der Waals surface area contributed by atoms with Crippen LogP contribution in [0, 0.1) is 5.82 Å². The molecule has 3 rings (SSSR count). The van der Waals surface area contributed by atoms with Gasteiger partial charge in [0.25, 0.3) is 0 Å². The summed E-state index contributed by atoms with van der Waals surface area (Å²) in [6.07, 6.45) is 1.55. The third-order valence-corrected chi connectivity index (χ3v) is 4.13.